The normalized spacial score (nSPS) is 15.0. The van der Waals surface area contributed by atoms with Gasteiger partial charge in [0.05, 0.1) is 22.5 Å². The lowest BCUT2D eigenvalue weighted by Gasteiger charge is -2.32. The average Bonchev–Trinajstić information content (AvgIpc) is 3.29. The first-order valence-electron chi connectivity index (χ1n) is 10.9. The van der Waals surface area contributed by atoms with E-state index in [0.717, 1.165) is 30.5 Å². The lowest BCUT2D eigenvalue weighted by molar-refractivity contribution is -0.383. The molecule has 12 nitrogen and oxygen atoms in total. The minimum Gasteiger partial charge on any atom is -0.351 e. The molecule has 0 radical (unpaired) electrons. The van der Waals surface area contributed by atoms with Crippen molar-refractivity contribution in [1.29, 1.82) is 0 Å². The van der Waals surface area contributed by atoms with Gasteiger partial charge < -0.3 is 10.2 Å². The summed E-state index contributed by atoms with van der Waals surface area (Å²) in [6.45, 7) is 5.39. The summed E-state index contributed by atoms with van der Waals surface area (Å²) in [4.78, 5) is 25.5. The molecule has 4 rings (SSSR count). The van der Waals surface area contributed by atoms with Crippen molar-refractivity contribution in [3.8, 4) is 0 Å². The third-order valence-electron chi connectivity index (χ3n) is 5.81. The lowest BCUT2D eigenvalue weighted by atomic mass is 9.93. The zero-order valence-corrected chi connectivity index (χ0v) is 19.9. The SMILES string of the molecule is CC(C)c1cc(C2CCN(c3ncnc(Nc4ccc(S(C)(=O)=O)nc4)c3[N+](=O)[O-])CC2)[nH]n1. The van der Waals surface area contributed by atoms with Gasteiger partial charge in [-0.2, -0.15) is 5.10 Å². The predicted octanol–water partition coefficient (Wildman–Crippen LogP) is 3.16. The fraction of sp³-hybridized carbons (Fsp3) is 0.429. The molecular weight excluding hydrogens is 460 g/mol. The summed E-state index contributed by atoms with van der Waals surface area (Å²) in [5.74, 6) is 0.905. The first-order chi connectivity index (χ1) is 16.1. The molecule has 0 amide bonds. The molecule has 1 fully saturated rings. The summed E-state index contributed by atoms with van der Waals surface area (Å²) in [6, 6.07) is 4.91. The number of nitrogens with one attached hydrogen (secondary N) is 2. The molecule has 1 aliphatic heterocycles. The van der Waals surface area contributed by atoms with Gasteiger partial charge >= 0.3 is 5.69 Å². The van der Waals surface area contributed by atoms with Crippen LogP contribution in [0.4, 0.5) is 23.0 Å². The van der Waals surface area contributed by atoms with Crippen LogP contribution in [0.15, 0.2) is 35.7 Å². The van der Waals surface area contributed by atoms with Gasteiger partial charge in [0.1, 0.15) is 6.33 Å². The Kier molecular flexibility index (Phi) is 6.46. The lowest BCUT2D eigenvalue weighted by Crippen LogP contribution is -2.34. The number of nitro groups is 1. The Labute approximate surface area is 196 Å². The highest BCUT2D eigenvalue weighted by molar-refractivity contribution is 7.90. The van der Waals surface area contributed by atoms with Gasteiger partial charge in [-0.1, -0.05) is 13.8 Å². The van der Waals surface area contributed by atoms with Gasteiger partial charge in [0.2, 0.25) is 11.6 Å². The van der Waals surface area contributed by atoms with Crippen LogP contribution >= 0.6 is 0 Å². The second-order valence-electron chi connectivity index (χ2n) is 8.60. The van der Waals surface area contributed by atoms with E-state index in [1.54, 1.807) is 0 Å². The van der Waals surface area contributed by atoms with Gasteiger partial charge in [0.15, 0.2) is 14.9 Å². The Morgan fingerprint density at radius 3 is 2.50 bits per heavy atom. The van der Waals surface area contributed by atoms with Crippen LogP contribution in [0.2, 0.25) is 0 Å². The molecule has 34 heavy (non-hydrogen) atoms. The number of sulfone groups is 1. The predicted molar refractivity (Wildman–Crippen MR) is 126 cm³/mol. The van der Waals surface area contributed by atoms with E-state index in [1.165, 1.54) is 24.7 Å². The molecule has 4 heterocycles. The second-order valence-corrected chi connectivity index (χ2v) is 10.6. The van der Waals surface area contributed by atoms with E-state index in [4.69, 9.17) is 0 Å². The molecule has 0 saturated carbocycles. The van der Waals surface area contributed by atoms with Crippen LogP contribution in [0.1, 0.15) is 49.9 Å². The van der Waals surface area contributed by atoms with Crippen LogP contribution < -0.4 is 10.2 Å². The van der Waals surface area contributed by atoms with E-state index in [1.807, 2.05) is 4.90 Å². The molecule has 3 aromatic heterocycles. The summed E-state index contributed by atoms with van der Waals surface area (Å²) >= 11 is 0. The number of aromatic amines is 1. The molecule has 13 heteroatoms. The van der Waals surface area contributed by atoms with E-state index < -0.39 is 14.8 Å². The Balaban J connectivity index is 1.53. The summed E-state index contributed by atoms with van der Waals surface area (Å²) in [6.07, 6.45) is 5.24. The fourth-order valence-corrected chi connectivity index (χ4v) is 4.49. The number of piperidine rings is 1. The number of anilines is 3. The second kappa shape index (κ2) is 9.33. The van der Waals surface area contributed by atoms with Crippen molar-refractivity contribution in [2.24, 2.45) is 0 Å². The number of pyridine rings is 1. The first kappa shape index (κ1) is 23.5. The quantitative estimate of drug-likeness (QED) is 0.375. The van der Waals surface area contributed by atoms with Gasteiger partial charge in [0.25, 0.3) is 0 Å². The maximum atomic E-state index is 12.0. The minimum absolute atomic E-state index is 0.0150. The Bertz CT molecular complexity index is 1280. The molecule has 0 spiro atoms. The Hall–Kier alpha value is -3.61. The maximum Gasteiger partial charge on any atom is 0.353 e. The number of aromatic nitrogens is 5. The van der Waals surface area contributed by atoms with Crippen molar-refractivity contribution >= 4 is 32.8 Å². The third kappa shape index (κ3) is 4.98. The average molecular weight is 487 g/mol. The van der Waals surface area contributed by atoms with Crippen LogP contribution in [0, 0.1) is 10.1 Å². The van der Waals surface area contributed by atoms with Crippen LogP contribution in [0.3, 0.4) is 0 Å². The van der Waals surface area contributed by atoms with Crippen molar-refractivity contribution in [1.82, 2.24) is 25.1 Å². The third-order valence-corrected chi connectivity index (χ3v) is 6.81. The molecule has 0 atom stereocenters. The van der Waals surface area contributed by atoms with Crippen molar-refractivity contribution in [2.45, 2.75) is 43.6 Å². The van der Waals surface area contributed by atoms with Crippen LogP contribution in [0.25, 0.3) is 0 Å². The number of nitrogens with zero attached hydrogens (tertiary/aromatic N) is 6. The number of rotatable bonds is 7. The van der Waals surface area contributed by atoms with E-state index in [2.05, 4.69) is 50.4 Å². The number of hydrogen-bond acceptors (Lipinski definition) is 10. The van der Waals surface area contributed by atoms with Gasteiger partial charge in [-0.3, -0.25) is 15.2 Å². The molecule has 180 valence electrons. The Morgan fingerprint density at radius 2 is 1.94 bits per heavy atom. The molecule has 0 aliphatic carbocycles. The van der Waals surface area contributed by atoms with Crippen molar-refractivity contribution in [3.63, 3.8) is 0 Å². The molecule has 1 saturated heterocycles. The van der Waals surface area contributed by atoms with Gasteiger partial charge in [-0.15, -0.1) is 0 Å². The first-order valence-corrected chi connectivity index (χ1v) is 12.7. The number of hydrogen-bond donors (Lipinski definition) is 2. The molecular formula is C21H26N8O4S. The maximum absolute atomic E-state index is 12.0. The van der Waals surface area contributed by atoms with Gasteiger partial charge in [0, 0.05) is 31.0 Å². The van der Waals surface area contributed by atoms with Crippen LogP contribution in [-0.4, -0.2) is 57.8 Å². The largest absolute Gasteiger partial charge is 0.353 e. The highest BCUT2D eigenvalue weighted by Crippen LogP contribution is 2.37. The smallest absolute Gasteiger partial charge is 0.351 e. The topological polar surface area (TPSA) is 160 Å². The van der Waals surface area contributed by atoms with Crippen LogP contribution in [-0.2, 0) is 9.84 Å². The molecule has 0 unspecified atom stereocenters. The van der Waals surface area contributed by atoms with Gasteiger partial charge in [-0.05, 0) is 37.0 Å². The van der Waals surface area contributed by atoms with Crippen molar-refractivity contribution < 1.29 is 13.3 Å². The zero-order chi connectivity index (χ0) is 24.5. The molecule has 2 N–H and O–H groups in total. The summed E-state index contributed by atoms with van der Waals surface area (Å²) in [5, 5.41) is 22.3. The van der Waals surface area contributed by atoms with E-state index in [0.29, 0.717) is 30.6 Å². The van der Waals surface area contributed by atoms with Gasteiger partial charge in [-0.25, -0.2) is 23.4 Å². The molecule has 1 aliphatic rings. The molecule has 3 aromatic rings. The highest BCUT2D eigenvalue weighted by Gasteiger charge is 2.31. The van der Waals surface area contributed by atoms with E-state index in [-0.39, 0.29) is 22.3 Å². The minimum atomic E-state index is -3.45. The van der Waals surface area contributed by atoms with Crippen molar-refractivity contribution in [2.75, 3.05) is 29.6 Å². The summed E-state index contributed by atoms with van der Waals surface area (Å²) in [5.41, 5.74) is 2.25. The highest BCUT2D eigenvalue weighted by atomic mass is 32.2. The monoisotopic (exact) mass is 486 g/mol. The Morgan fingerprint density at radius 1 is 1.21 bits per heavy atom. The van der Waals surface area contributed by atoms with E-state index in [9.17, 15) is 18.5 Å². The summed E-state index contributed by atoms with van der Waals surface area (Å²) in [7, 11) is -3.45. The standard InChI is InChI=1S/C21H26N8O4S/c1-13(2)16-10-17(27-26-16)14-6-8-28(9-7-14)21-19(29(30)31)20(23-12-24-21)25-15-4-5-18(22-11-15)34(3,32)33/h4-5,10-14H,6-9H2,1-3H3,(H,26,27)(H,23,24,25). The number of H-pyrrole nitrogens is 1. The zero-order valence-electron chi connectivity index (χ0n) is 19.1. The van der Waals surface area contributed by atoms with E-state index >= 15 is 0 Å². The van der Waals surface area contributed by atoms with Crippen molar-refractivity contribution in [3.05, 3.63) is 52.2 Å². The summed E-state index contributed by atoms with van der Waals surface area (Å²) < 4.78 is 23.2. The fourth-order valence-electron chi connectivity index (χ4n) is 3.93. The molecule has 0 bridgehead atoms. The van der Waals surface area contributed by atoms with Crippen LogP contribution in [0.5, 0.6) is 0 Å². The molecule has 0 aromatic carbocycles.